The van der Waals surface area contributed by atoms with Crippen LogP contribution in [0.3, 0.4) is 0 Å². The lowest BCUT2D eigenvalue weighted by atomic mass is 9.95. The molecule has 0 saturated carbocycles. The molecule has 0 radical (unpaired) electrons. The normalized spacial score (nSPS) is 17.4. The van der Waals surface area contributed by atoms with Gasteiger partial charge in [0.25, 0.3) is 11.7 Å². The van der Waals surface area contributed by atoms with Gasteiger partial charge in [0.2, 0.25) is 0 Å². The molecule has 3 aromatic carbocycles. The highest BCUT2D eigenvalue weighted by molar-refractivity contribution is 6.52. The number of rotatable bonds is 4. The monoisotopic (exact) mass is 470 g/mol. The Bertz CT molecular complexity index is 1460. The van der Waals surface area contributed by atoms with Gasteiger partial charge in [0.15, 0.2) is 0 Å². The largest absolute Gasteiger partial charge is 0.507 e. The summed E-state index contributed by atoms with van der Waals surface area (Å²) in [5.41, 5.74) is 1.27. The minimum Gasteiger partial charge on any atom is -0.507 e. The van der Waals surface area contributed by atoms with Gasteiger partial charge in [-0.2, -0.15) is 0 Å². The average molecular weight is 471 g/mol. The van der Waals surface area contributed by atoms with E-state index < -0.39 is 17.7 Å². The Labute approximate surface area is 200 Å². The van der Waals surface area contributed by atoms with Crippen molar-refractivity contribution in [1.82, 2.24) is 4.98 Å². The van der Waals surface area contributed by atoms with Crippen LogP contribution in [0.5, 0.6) is 5.75 Å². The number of hydrogen-bond acceptors (Lipinski definition) is 5. The summed E-state index contributed by atoms with van der Waals surface area (Å²) in [4.78, 5) is 32.4. The van der Waals surface area contributed by atoms with Crippen molar-refractivity contribution in [2.45, 2.75) is 6.04 Å². The number of carbonyl (C=O) groups excluding carboxylic acids is 2. The van der Waals surface area contributed by atoms with Gasteiger partial charge in [-0.15, -0.1) is 0 Å². The van der Waals surface area contributed by atoms with Crippen molar-refractivity contribution in [3.05, 3.63) is 107 Å². The van der Waals surface area contributed by atoms with Crippen LogP contribution in [0.4, 0.5) is 5.69 Å². The number of benzene rings is 3. The highest BCUT2D eigenvalue weighted by Crippen LogP contribution is 2.44. The van der Waals surface area contributed by atoms with Crippen LogP contribution in [0.1, 0.15) is 17.2 Å². The van der Waals surface area contributed by atoms with Crippen molar-refractivity contribution in [3.8, 4) is 5.75 Å². The molecule has 4 aromatic rings. The summed E-state index contributed by atoms with van der Waals surface area (Å²) in [5, 5.41) is 13.3. The van der Waals surface area contributed by atoms with Gasteiger partial charge in [-0.1, -0.05) is 54.1 Å². The molecule has 1 saturated heterocycles. The van der Waals surface area contributed by atoms with Crippen molar-refractivity contribution in [1.29, 1.82) is 0 Å². The van der Waals surface area contributed by atoms with Gasteiger partial charge >= 0.3 is 0 Å². The van der Waals surface area contributed by atoms with Gasteiger partial charge in [-0.3, -0.25) is 19.5 Å². The van der Waals surface area contributed by atoms with Gasteiger partial charge < -0.3 is 9.84 Å². The van der Waals surface area contributed by atoms with Crippen LogP contribution in [0.15, 0.2) is 90.8 Å². The van der Waals surface area contributed by atoms with Crippen molar-refractivity contribution < 1.29 is 19.4 Å². The molecule has 0 spiro atoms. The fraction of sp³-hybridized carbons (Fsp3) is 0.0741. The maximum absolute atomic E-state index is 13.4. The fourth-order valence-electron chi connectivity index (χ4n) is 4.31. The van der Waals surface area contributed by atoms with Gasteiger partial charge in [-0.05, 0) is 41.3 Å². The molecule has 168 valence electrons. The second-order valence-electron chi connectivity index (χ2n) is 7.80. The van der Waals surface area contributed by atoms with Crippen molar-refractivity contribution in [3.63, 3.8) is 0 Å². The minimum atomic E-state index is -0.901. The van der Waals surface area contributed by atoms with Crippen LogP contribution in [-0.2, 0) is 9.59 Å². The van der Waals surface area contributed by atoms with E-state index >= 15 is 0 Å². The number of carbonyl (C=O) groups is 2. The van der Waals surface area contributed by atoms with Gasteiger partial charge in [-0.25, -0.2) is 0 Å². The number of aromatic nitrogens is 1. The van der Waals surface area contributed by atoms with Crippen LogP contribution < -0.4 is 9.64 Å². The smallest absolute Gasteiger partial charge is 0.300 e. The first-order valence-corrected chi connectivity index (χ1v) is 10.9. The number of aliphatic hydroxyl groups is 1. The third-order valence-electron chi connectivity index (χ3n) is 5.90. The highest BCUT2D eigenvalue weighted by Gasteiger charge is 2.47. The number of methoxy groups -OCH3 is 1. The Balaban J connectivity index is 1.79. The summed E-state index contributed by atoms with van der Waals surface area (Å²) in [6.07, 6.45) is 3.18. The summed E-state index contributed by atoms with van der Waals surface area (Å²) < 4.78 is 5.26. The molecule has 6 nitrogen and oxygen atoms in total. The van der Waals surface area contributed by atoms with E-state index in [9.17, 15) is 14.7 Å². The molecule has 7 heteroatoms. The topological polar surface area (TPSA) is 79.7 Å². The zero-order chi connectivity index (χ0) is 23.8. The summed E-state index contributed by atoms with van der Waals surface area (Å²) in [7, 11) is 1.49. The van der Waals surface area contributed by atoms with E-state index in [2.05, 4.69) is 4.98 Å². The number of hydrogen-bond donors (Lipinski definition) is 1. The number of anilines is 1. The lowest BCUT2D eigenvalue weighted by Gasteiger charge is -2.26. The number of amides is 1. The number of aliphatic hydroxyl groups excluding tert-OH is 1. The molecule has 1 aliphatic heterocycles. The predicted octanol–water partition coefficient (Wildman–Crippen LogP) is 5.52. The van der Waals surface area contributed by atoms with Crippen LogP contribution in [-0.4, -0.2) is 28.9 Å². The molecule has 1 unspecified atom stereocenters. The van der Waals surface area contributed by atoms with E-state index in [-0.39, 0.29) is 21.9 Å². The summed E-state index contributed by atoms with van der Waals surface area (Å²) in [6, 6.07) is 20.5. The molecule has 34 heavy (non-hydrogen) atoms. The molecule has 1 amide bonds. The fourth-order valence-corrected chi connectivity index (χ4v) is 4.52. The van der Waals surface area contributed by atoms with Gasteiger partial charge in [0, 0.05) is 23.3 Å². The summed E-state index contributed by atoms with van der Waals surface area (Å²) >= 11 is 6.36. The standard InChI is InChI=1S/C27H19ClN2O4/c1-34-18-11-12-21(28)20(14-18)25(31)23-24(17-8-5-13-29-15-17)30(27(33)26(23)32)22-10-4-7-16-6-2-3-9-19(16)22/h2-15,24,31H,1H3/b25-23+. The summed E-state index contributed by atoms with van der Waals surface area (Å²) in [6.45, 7) is 0. The Morgan fingerprint density at radius 3 is 2.59 bits per heavy atom. The number of fused-ring (bicyclic) bond motifs is 1. The first-order valence-electron chi connectivity index (χ1n) is 10.5. The van der Waals surface area contributed by atoms with Crippen LogP contribution in [0.25, 0.3) is 16.5 Å². The Morgan fingerprint density at radius 1 is 1.03 bits per heavy atom. The molecule has 1 aromatic heterocycles. The van der Waals surface area contributed by atoms with Gasteiger partial charge in [0.05, 0.1) is 29.4 Å². The third-order valence-corrected chi connectivity index (χ3v) is 6.23. The molecule has 1 aliphatic rings. The van der Waals surface area contributed by atoms with E-state index in [0.717, 1.165) is 10.8 Å². The predicted molar refractivity (Wildman–Crippen MR) is 131 cm³/mol. The zero-order valence-electron chi connectivity index (χ0n) is 18.1. The van der Waals surface area contributed by atoms with E-state index in [0.29, 0.717) is 17.0 Å². The lowest BCUT2D eigenvalue weighted by Crippen LogP contribution is -2.29. The Morgan fingerprint density at radius 2 is 1.82 bits per heavy atom. The SMILES string of the molecule is COc1ccc(Cl)c(/C(O)=C2\C(=O)C(=O)N(c3cccc4ccccc34)C2c2cccnc2)c1. The molecule has 1 N–H and O–H groups in total. The number of nitrogens with zero attached hydrogens (tertiary/aromatic N) is 2. The molecule has 0 aliphatic carbocycles. The minimum absolute atomic E-state index is 0.0684. The molecule has 5 rings (SSSR count). The third kappa shape index (κ3) is 3.49. The molecular formula is C27H19ClN2O4. The van der Waals surface area contributed by atoms with E-state index in [4.69, 9.17) is 16.3 Å². The number of Topliss-reactive ketones (excluding diaryl/α,β-unsaturated/α-hetero) is 1. The van der Waals surface area contributed by atoms with E-state index in [1.807, 2.05) is 36.4 Å². The maximum atomic E-state index is 13.4. The van der Waals surface area contributed by atoms with Crippen LogP contribution in [0, 0.1) is 0 Å². The van der Waals surface area contributed by atoms with Crippen molar-refractivity contribution >= 4 is 45.5 Å². The quantitative estimate of drug-likeness (QED) is 0.241. The van der Waals surface area contributed by atoms with Crippen LogP contribution >= 0.6 is 11.6 Å². The Kier molecular flexibility index (Phi) is 5.51. The number of pyridine rings is 1. The van der Waals surface area contributed by atoms with Crippen LogP contribution in [0.2, 0.25) is 5.02 Å². The molecule has 0 bridgehead atoms. The number of ketones is 1. The molecule has 1 fully saturated rings. The average Bonchev–Trinajstić information content (AvgIpc) is 3.14. The first-order chi connectivity index (χ1) is 16.5. The zero-order valence-corrected chi connectivity index (χ0v) is 18.9. The number of ether oxygens (including phenoxy) is 1. The van der Waals surface area contributed by atoms with E-state index in [1.54, 1.807) is 42.7 Å². The Hall–Kier alpha value is -4.16. The molecule has 1 atom stereocenters. The van der Waals surface area contributed by atoms with Gasteiger partial charge in [0.1, 0.15) is 11.5 Å². The second-order valence-corrected chi connectivity index (χ2v) is 8.21. The second kappa shape index (κ2) is 8.65. The molecular weight excluding hydrogens is 452 g/mol. The van der Waals surface area contributed by atoms with Crippen molar-refractivity contribution in [2.24, 2.45) is 0 Å². The molecule has 2 heterocycles. The first kappa shape index (κ1) is 21.7. The summed E-state index contributed by atoms with van der Waals surface area (Å²) in [5.74, 6) is -1.48. The number of halogens is 1. The highest BCUT2D eigenvalue weighted by atomic mass is 35.5. The lowest BCUT2D eigenvalue weighted by molar-refractivity contribution is -0.132. The van der Waals surface area contributed by atoms with E-state index in [1.165, 1.54) is 18.1 Å². The maximum Gasteiger partial charge on any atom is 0.300 e. The van der Waals surface area contributed by atoms with Crippen molar-refractivity contribution in [2.75, 3.05) is 12.0 Å².